The molecule has 2 N–H and O–H groups in total. The molecule has 118 valence electrons. The zero-order chi connectivity index (χ0) is 15.9. The molecule has 2 aromatic rings. The second kappa shape index (κ2) is 8.00. The van der Waals surface area contributed by atoms with E-state index in [4.69, 9.17) is 5.11 Å². The highest BCUT2D eigenvalue weighted by molar-refractivity contribution is 7.98. The molecule has 0 bridgehead atoms. The summed E-state index contributed by atoms with van der Waals surface area (Å²) in [5, 5.41) is 11.8. The van der Waals surface area contributed by atoms with Gasteiger partial charge in [-0.05, 0) is 43.0 Å². The Hall–Kier alpha value is -1.79. The van der Waals surface area contributed by atoms with Gasteiger partial charge in [0.25, 0.3) is 5.91 Å². The van der Waals surface area contributed by atoms with Gasteiger partial charge in [0, 0.05) is 36.4 Å². The Morgan fingerprint density at radius 2 is 2.14 bits per heavy atom. The fraction of sp³-hybridized carbons (Fsp3) is 0.312. The summed E-state index contributed by atoms with van der Waals surface area (Å²) in [5.74, 6) is -0.0751. The lowest BCUT2D eigenvalue weighted by atomic mass is 10.1. The van der Waals surface area contributed by atoms with Crippen LogP contribution in [0.2, 0.25) is 0 Å². The van der Waals surface area contributed by atoms with Crippen molar-refractivity contribution in [1.29, 1.82) is 0 Å². The molecule has 1 amide bonds. The average Bonchev–Trinajstić information content (AvgIpc) is 3.01. The highest BCUT2D eigenvalue weighted by atomic mass is 32.2. The van der Waals surface area contributed by atoms with Gasteiger partial charge in [0.15, 0.2) is 0 Å². The number of carbonyl (C=O) groups excluding carboxylic acids is 1. The summed E-state index contributed by atoms with van der Waals surface area (Å²) in [6.45, 7) is 0.00638. The molecule has 6 heteroatoms. The SMILES string of the molecule is CSCC(CCO)NC(=O)c1ccc(-n2cccc2)c(F)c1. The van der Waals surface area contributed by atoms with Crippen LogP contribution in [0.4, 0.5) is 4.39 Å². The van der Waals surface area contributed by atoms with Crippen LogP contribution in [0.5, 0.6) is 0 Å². The topological polar surface area (TPSA) is 54.3 Å². The third kappa shape index (κ3) is 4.11. The molecule has 22 heavy (non-hydrogen) atoms. The Labute approximate surface area is 133 Å². The first-order chi connectivity index (χ1) is 10.7. The smallest absolute Gasteiger partial charge is 0.251 e. The number of halogens is 1. The molecule has 0 spiro atoms. The van der Waals surface area contributed by atoms with Crippen LogP contribution in [0.3, 0.4) is 0 Å². The highest BCUT2D eigenvalue weighted by Crippen LogP contribution is 2.16. The van der Waals surface area contributed by atoms with Crippen LogP contribution in [0.25, 0.3) is 5.69 Å². The molecule has 4 nitrogen and oxygen atoms in total. The van der Waals surface area contributed by atoms with Crippen LogP contribution < -0.4 is 5.32 Å². The quantitative estimate of drug-likeness (QED) is 0.823. The number of aromatic nitrogens is 1. The van der Waals surface area contributed by atoms with E-state index in [1.54, 1.807) is 40.9 Å². The largest absolute Gasteiger partial charge is 0.396 e. The number of amides is 1. The van der Waals surface area contributed by atoms with Gasteiger partial charge in [0.1, 0.15) is 5.82 Å². The van der Waals surface area contributed by atoms with E-state index in [2.05, 4.69) is 5.32 Å². The van der Waals surface area contributed by atoms with Crippen molar-refractivity contribution in [3.05, 3.63) is 54.1 Å². The molecule has 1 aromatic heterocycles. The fourth-order valence-corrected chi connectivity index (χ4v) is 2.83. The first kappa shape index (κ1) is 16.6. The molecule has 1 atom stereocenters. The van der Waals surface area contributed by atoms with E-state index >= 15 is 0 Å². The van der Waals surface area contributed by atoms with E-state index in [9.17, 15) is 9.18 Å². The van der Waals surface area contributed by atoms with Gasteiger partial charge in [0.05, 0.1) is 5.69 Å². The number of hydrogen-bond donors (Lipinski definition) is 2. The van der Waals surface area contributed by atoms with E-state index < -0.39 is 5.82 Å². The number of nitrogens with zero attached hydrogens (tertiary/aromatic N) is 1. The normalized spacial score (nSPS) is 12.1. The van der Waals surface area contributed by atoms with E-state index in [0.29, 0.717) is 17.9 Å². The molecule has 0 saturated carbocycles. The summed E-state index contributed by atoms with van der Waals surface area (Å²) < 4.78 is 15.8. The number of aliphatic hydroxyl groups is 1. The third-order valence-electron chi connectivity index (χ3n) is 3.27. The summed E-state index contributed by atoms with van der Waals surface area (Å²) in [6.07, 6.45) is 5.90. The van der Waals surface area contributed by atoms with Crippen LogP contribution in [0.1, 0.15) is 16.8 Å². The third-order valence-corrected chi connectivity index (χ3v) is 4.01. The summed E-state index contributed by atoms with van der Waals surface area (Å²) in [7, 11) is 0. The standard InChI is InChI=1S/C16H19FN2O2S/c1-22-11-13(6-9-20)18-16(21)12-4-5-15(14(17)10-12)19-7-2-3-8-19/h2-5,7-8,10,13,20H,6,9,11H2,1H3,(H,18,21). The highest BCUT2D eigenvalue weighted by Gasteiger charge is 2.15. The Bertz CT molecular complexity index is 611. The molecule has 0 radical (unpaired) electrons. The number of hydrogen-bond acceptors (Lipinski definition) is 3. The molecule has 0 aliphatic rings. The van der Waals surface area contributed by atoms with Crippen molar-refractivity contribution >= 4 is 17.7 Å². The summed E-state index contributed by atoms with van der Waals surface area (Å²) in [4.78, 5) is 12.2. The number of thioether (sulfide) groups is 1. The van der Waals surface area contributed by atoms with Crippen molar-refractivity contribution in [2.45, 2.75) is 12.5 Å². The molecule has 0 fully saturated rings. The Balaban J connectivity index is 2.12. The maximum absolute atomic E-state index is 14.2. The lowest BCUT2D eigenvalue weighted by Gasteiger charge is -2.17. The molecule has 2 rings (SSSR count). The van der Waals surface area contributed by atoms with Gasteiger partial charge in [-0.25, -0.2) is 4.39 Å². The number of benzene rings is 1. The van der Waals surface area contributed by atoms with Crippen molar-refractivity contribution in [3.63, 3.8) is 0 Å². The van der Waals surface area contributed by atoms with Crippen molar-refractivity contribution in [3.8, 4) is 5.69 Å². The number of rotatable bonds is 7. The Morgan fingerprint density at radius 1 is 1.41 bits per heavy atom. The van der Waals surface area contributed by atoms with Crippen molar-refractivity contribution in [2.24, 2.45) is 0 Å². The molecular weight excluding hydrogens is 303 g/mol. The molecule has 0 aliphatic heterocycles. The van der Waals surface area contributed by atoms with E-state index in [0.717, 1.165) is 0 Å². The predicted octanol–water partition coefficient (Wildman–Crippen LogP) is 2.46. The minimum absolute atomic E-state index is 0.00638. The van der Waals surface area contributed by atoms with Gasteiger partial charge >= 0.3 is 0 Å². The van der Waals surface area contributed by atoms with E-state index in [1.807, 2.05) is 18.4 Å². The fourth-order valence-electron chi connectivity index (χ4n) is 2.18. The monoisotopic (exact) mass is 322 g/mol. The van der Waals surface area contributed by atoms with Crippen molar-refractivity contribution in [2.75, 3.05) is 18.6 Å². The molecule has 1 unspecified atom stereocenters. The minimum Gasteiger partial charge on any atom is -0.396 e. The van der Waals surface area contributed by atoms with Crippen LogP contribution in [0, 0.1) is 5.82 Å². The van der Waals surface area contributed by atoms with Crippen molar-refractivity contribution < 1.29 is 14.3 Å². The van der Waals surface area contributed by atoms with Crippen LogP contribution in [-0.4, -0.2) is 40.2 Å². The summed E-state index contributed by atoms with van der Waals surface area (Å²) in [5.41, 5.74) is 0.676. The van der Waals surface area contributed by atoms with Gasteiger partial charge in [-0.2, -0.15) is 11.8 Å². The van der Waals surface area contributed by atoms with Gasteiger partial charge in [0.2, 0.25) is 0 Å². The summed E-state index contributed by atoms with van der Waals surface area (Å²) in [6, 6.07) is 7.91. The maximum atomic E-state index is 14.2. The van der Waals surface area contributed by atoms with Gasteiger partial charge < -0.3 is 15.0 Å². The number of carbonyl (C=O) groups is 1. The van der Waals surface area contributed by atoms with Gasteiger partial charge in [-0.1, -0.05) is 0 Å². The second-order valence-electron chi connectivity index (χ2n) is 4.89. The zero-order valence-corrected chi connectivity index (χ0v) is 13.1. The average molecular weight is 322 g/mol. The summed E-state index contributed by atoms with van der Waals surface area (Å²) >= 11 is 1.59. The second-order valence-corrected chi connectivity index (χ2v) is 5.81. The lowest BCUT2D eigenvalue weighted by molar-refractivity contribution is 0.0935. The molecular formula is C16H19FN2O2S. The van der Waals surface area contributed by atoms with Crippen molar-refractivity contribution in [1.82, 2.24) is 9.88 Å². The molecule has 0 aliphatic carbocycles. The molecule has 1 heterocycles. The van der Waals surface area contributed by atoms with Gasteiger partial charge in [-0.15, -0.1) is 0 Å². The van der Waals surface area contributed by atoms with Gasteiger partial charge in [-0.3, -0.25) is 4.79 Å². The first-order valence-corrected chi connectivity index (χ1v) is 8.38. The zero-order valence-electron chi connectivity index (χ0n) is 12.3. The molecule has 1 aromatic carbocycles. The van der Waals surface area contributed by atoms with Crippen LogP contribution in [0.15, 0.2) is 42.7 Å². The number of nitrogens with one attached hydrogen (secondary N) is 1. The van der Waals surface area contributed by atoms with E-state index in [1.165, 1.54) is 6.07 Å². The van der Waals surface area contributed by atoms with E-state index in [-0.39, 0.29) is 24.1 Å². The Morgan fingerprint density at radius 3 is 2.73 bits per heavy atom. The predicted molar refractivity (Wildman–Crippen MR) is 87.1 cm³/mol. The first-order valence-electron chi connectivity index (χ1n) is 6.99. The maximum Gasteiger partial charge on any atom is 0.251 e. The minimum atomic E-state index is -0.451. The van der Waals surface area contributed by atoms with Crippen LogP contribution in [-0.2, 0) is 0 Å². The Kier molecular flexibility index (Phi) is 6.03. The van der Waals surface area contributed by atoms with Crippen LogP contribution >= 0.6 is 11.8 Å². The number of aliphatic hydroxyl groups excluding tert-OH is 1. The lowest BCUT2D eigenvalue weighted by Crippen LogP contribution is -2.37. The molecule has 0 saturated heterocycles.